The van der Waals surface area contributed by atoms with Crippen molar-refractivity contribution in [3.63, 3.8) is 0 Å². The van der Waals surface area contributed by atoms with Crippen LogP contribution in [0.4, 0.5) is 0 Å². The van der Waals surface area contributed by atoms with Crippen LogP contribution in [0.3, 0.4) is 0 Å². The van der Waals surface area contributed by atoms with Crippen molar-refractivity contribution < 1.29 is 9.59 Å². The van der Waals surface area contributed by atoms with E-state index >= 15 is 0 Å². The zero-order chi connectivity index (χ0) is 27.7. The topological polar surface area (TPSA) is 180 Å². The second-order valence-corrected chi connectivity index (χ2v) is 10.3. The number of benzene rings is 2. The molecule has 1 aliphatic carbocycles. The van der Waals surface area contributed by atoms with Gasteiger partial charge >= 0.3 is 0 Å². The molecule has 0 spiro atoms. The largest absolute Gasteiger partial charge is 0.366 e. The molecule has 6 N–H and O–H groups in total. The van der Waals surface area contributed by atoms with Crippen LogP contribution in [0.1, 0.15) is 75.0 Å². The molecule has 2 heterocycles. The summed E-state index contributed by atoms with van der Waals surface area (Å²) in [6.07, 6.45) is 2.84. The molecule has 11 nitrogen and oxygen atoms in total. The van der Waals surface area contributed by atoms with Gasteiger partial charge in [0.05, 0.1) is 11.5 Å². The SMILES string of the molecule is C=C(CN[C@@H](C)CC1(c2nn[nH]n2)c2ccc(C(N)=O)cc2Cc2cc(C(N)=O)ccc21)N1CCCC1C#N. The standard InChI is InChI=1S/C28H31N9O2/c1-16(32-15-17(2)37-9-3-4-22(37)14-29)13-28(27-33-35-36-34-27)23-7-5-18(25(30)38)10-20(23)12-21-11-19(26(31)39)6-8-24(21)28/h5-8,10-11,16,22,32H,2-4,9,12-13,15H2,1H3,(H2,30,38)(H2,31,39)(H,33,34,35,36)/t16-,22?/m0/s1. The summed E-state index contributed by atoms with van der Waals surface area (Å²) in [4.78, 5) is 26.1. The normalized spacial score (nSPS) is 18.1. The molecule has 11 heteroatoms. The van der Waals surface area contributed by atoms with Crippen LogP contribution in [-0.2, 0) is 11.8 Å². The van der Waals surface area contributed by atoms with Crippen molar-refractivity contribution in [2.24, 2.45) is 11.5 Å². The Morgan fingerprint density at radius 2 is 1.85 bits per heavy atom. The van der Waals surface area contributed by atoms with Crippen LogP contribution in [0, 0.1) is 11.3 Å². The first-order chi connectivity index (χ1) is 18.7. The number of nitrogens with two attached hydrogens (primary N) is 2. The Morgan fingerprint density at radius 3 is 2.38 bits per heavy atom. The van der Waals surface area contributed by atoms with Gasteiger partial charge in [-0.05, 0) is 79.1 Å². The summed E-state index contributed by atoms with van der Waals surface area (Å²) in [6, 6.07) is 13.0. The molecule has 5 rings (SSSR count). The summed E-state index contributed by atoms with van der Waals surface area (Å²) in [6.45, 7) is 7.65. The van der Waals surface area contributed by atoms with Gasteiger partial charge in [0.1, 0.15) is 6.04 Å². The number of hydrogen-bond acceptors (Lipinski definition) is 8. The molecule has 1 aromatic heterocycles. The number of carbonyl (C=O) groups is 2. The van der Waals surface area contributed by atoms with Gasteiger partial charge in [-0.1, -0.05) is 23.9 Å². The number of H-pyrrole nitrogens is 1. The molecule has 1 saturated heterocycles. The molecule has 1 unspecified atom stereocenters. The van der Waals surface area contributed by atoms with Crippen LogP contribution >= 0.6 is 0 Å². The number of aromatic amines is 1. The highest BCUT2D eigenvalue weighted by molar-refractivity contribution is 5.94. The number of fused-ring (bicyclic) bond motifs is 2. The summed E-state index contributed by atoms with van der Waals surface area (Å²) in [7, 11) is 0. The molecule has 0 saturated carbocycles. The average molecular weight is 526 g/mol. The molecular formula is C28H31N9O2. The van der Waals surface area contributed by atoms with Crippen LogP contribution in [0.25, 0.3) is 0 Å². The summed E-state index contributed by atoms with van der Waals surface area (Å²) < 4.78 is 0. The van der Waals surface area contributed by atoms with Crippen molar-refractivity contribution >= 4 is 11.8 Å². The van der Waals surface area contributed by atoms with Crippen molar-refractivity contribution in [3.8, 4) is 6.07 Å². The lowest BCUT2D eigenvalue weighted by molar-refractivity contribution is 0.0992. The minimum atomic E-state index is -0.848. The van der Waals surface area contributed by atoms with E-state index in [-0.39, 0.29) is 12.1 Å². The fraction of sp³-hybridized carbons (Fsp3) is 0.357. The second-order valence-electron chi connectivity index (χ2n) is 10.3. The van der Waals surface area contributed by atoms with Crippen LogP contribution in [0.5, 0.6) is 0 Å². The number of rotatable bonds is 9. The second kappa shape index (κ2) is 10.3. The van der Waals surface area contributed by atoms with Crippen molar-refractivity contribution in [1.29, 1.82) is 5.26 Å². The smallest absolute Gasteiger partial charge is 0.248 e. The average Bonchev–Trinajstić information content (AvgIpc) is 3.63. The number of amides is 2. The van der Waals surface area contributed by atoms with Crippen LogP contribution in [-0.4, -0.2) is 62.5 Å². The number of carbonyl (C=O) groups excluding carboxylic acids is 2. The molecule has 2 amide bonds. The molecule has 2 aromatic carbocycles. The van der Waals surface area contributed by atoms with Gasteiger partial charge in [0.2, 0.25) is 11.8 Å². The first-order valence-corrected chi connectivity index (χ1v) is 12.9. The Morgan fingerprint density at radius 1 is 1.21 bits per heavy atom. The molecule has 1 fully saturated rings. The third-order valence-electron chi connectivity index (χ3n) is 7.88. The van der Waals surface area contributed by atoms with E-state index in [2.05, 4.69) is 50.4 Å². The van der Waals surface area contributed by atoms with Gasteiger partial charge in [-0.3, -0.25) is 9.59 Å². The third-order valence-corrected chi connectivity index (χ3v) is 7.88. The van der Waals surface area contributed by atoms with Gasteiger partial charge in [-0.2, -0.15) is 10.5 Å². The Bertz CT molecular complexity index is 1410. The monoisotopic (exact) mass is 525 g/mol. The fourth-order valence-electron chi connectivity index (χ4n) is 6.07. The van der Waals surface area contributed by atoms with E-state index in [4.69, 9.17) is 11.5 Å². The summed E-state index contributed by atoms with van der Waals surface area (Å²) >= 11 is 0. The molecule has 3 aromatic rings. The van der Waals surface area contributed by atoms with E-state index in [0.29, 0.717) is 36.3 Å². The Labute approximate surface area is 226 Å². The molecule has 0 bridgehead atoms. The molecule has 1 aliphatic heterocycles. The predicted octanol–water partition coefficient (Wildman–Crippen LogP) is 1.51. The highest BCUT2D eigenvalue weighted by Crippen LogP contribution is 2.48. The summed E-state index contributed by atoms with van der Waals surface area (Å²) in [5.41, 5.74) is 15.7. The number of tetrazole rings is 1. The van der Waals surface area contributed by atoms with E-state index in [9.17, 15) is 14.9 Å². The zero-order valence-electron chi connectivity index (χ0n) is 21.8. The minimum Gasteiger partial charge on any atom is -0.366 e. The number of aromatic nitrogens is 4. The highest BCUT2D eigenvalue weighted by atomic mass is 16.1. The van der Waals surface area contributed by atoms with E-state index in [1.807, 2.05) is 12.1 Å². The number of likely N-dealkylation sites (tertiary alicyclic amines) is 1. The zero-order valence-corrected chi connectivity index (χ0v) is 21.8. The van der Waals surface area contributed by atoms with Gasteiger partial charge in [0, 0.05) is 36.0 Å². The van der Waals surface area contributed by atoms with Crippen LogP contribution in [0.15, 0.2) is 48.7 Å². The van der Waals surface area contributed by atoms with Gasteiger partial charge < -0.3 is 21.7 Å². The molecule has 2 atom stereocenters. The first-order valence-electron chi connectivity index (χ1n) is 12.9. The van der Waals surface area contributed by atoms with Crippen LogP contribution in [0.2, 0.25) is 0 Å². The van der Waals surface area contributed by atoms with E-state index < -0.39 is 17.2 Å². The Hall–Kier alpha value is -4.56. The Kier molecular flexibility index (Phi) is 6.89. The number of nitrogens with one attached hydrogen (secondary N) is 2. The predicted molar refractivity (Wildman–Crippen MR) is 143 cm³/mol. The summed E-state index contributed by atoms with van der Waals surface area (Å²) in [5.74, 6) is -0.573. The third kappa shape index (κ3) is 4.64. The van der Waals surface area contributed by atoms with E-state index in [1.54, 1.807) is 24.3 Å². The van der Waals surface area contributed by atoms with E-state index in [0.717, 1.165) is 47.3 Å². The van der Waals surface area contributed by atoms with Gasteiger partial charge in [0.25, 0.3) is 0 Å². The molecule has 200 valence electrons. The van der Waals surface area contributed by atoms with Gasteiger partial charge in [-0.25, -0.2) is 0 Å². The number of nitriles is 1. The highest BCUT2D eigenvalue weighted by Gasteiger charge is 2.46. The first kappa shape index (κ1) is 26.1. The Balaban J connectivity index is 1.56. The molecule has 2 aliphatic rings. The lowest BCUT2D eigenvalue weighted by Gasteiger charge is -2.41. The van der Waals surface area contributed by atoms with Crippen LogP contribution < -0.4 is 16.8 Å². The van der Waals surface area contributed by atoms with Gasteiger partial charge in [-0.15, -0.1) is 10.2 Å². The van der Waals surface area contributed by atoms with Gasteiger partial charge in [0.15, 0.2) is 5.82 Å². The van der Waals surface area contributed by atoms with Crippen molar-refractivity contribution in [2.75, 3.05) is 13.1 Å². The van der Waals surface area contributed by atoms with E-state index in [1.165, 1.54) is 0 Å². The minimum absolute atomic E-state index is 0.0613. The maximum Gasteiger partial charge on any atom is 0.248 e. The maximum absolute atomic E-state index is 12.0. The molecule has 0 radical (unpaired) electrons. The van der Waals surface area contributed by atoms with Crippen molar-refractivity contribution in [1.82, 2.24) is 30.8 Å². The number of hydrogen-bond donors (Lipinski definition) is 4. The lowest BCUT2D eigenvalue weighted by Crippen LogP contribution is -2.43. The number of primary amides is 2. The summed E-state index contributed by atoms with van der Waals surface area (Å²) in [5, 5.41) is 28.4. The lowest BCUT2D eigenvalue weighted by atomic mass is 9.62. The number of nitrogens with zero attached hydrogens (tertiary/aromatic N) is 5. The molecule has 39 heavy (non-hydrogen) atoms. The van der Waals surface area contributed by atoms with Crippen molar-refractivity contribution in [2.45, 2.75) is 50.1 Å². The molecular weight excluding hydrogens is 494 g/mol. The van der Waals surface area contributed by atoms with Crippen molar-refractivity contribution in [3.05, 3.63) is 87.9 Å². The maximum atomic E-state index is 12.0. The quantitative estimate of drug-likeness (QED) is 0.324. The fourth-order valence-corrected chi connectivity index (χ4v) is 6.07.